The van der Waals surface area contributed by atoms with Gasteiger partial charge in [0.25, 0.3) is 0 Å². The summed E-state index contributed by atoms with van der Waals surface area (Å²) >= 11 is 0. The van der Waals surface area contributed by atoms with Crippen molar-refractivity contribution in [3.8, 4) is 0 Å². The fourth-order valence-electron chi connectivity index (χ4n) is 2.61. The van der Waals surface area contributed by atoms with Crippen molar-refractivity contribution in [3.05, 3.63) is 69.8 Å². The zero-order chi connectivity index (χ0) is 19.6. The predicted molar refractivity (Wildman–Crippen MR) is 93.3 cm³/mol. The highest BCUT2D eigenvalue weighted by atomic mass is 16.4. The molecule has 0 bridgehead atoms. The van der Waals surface area contributed by atoms with Crippen LogP contribution in [0.3, 0.4) is 0 Å². The van der Waals surface area contributed by atoms with Gasteiger partial charge in [0.2, 0.25) is 0 Å². The van der Waals surface area contributed by atoms with Crippen LogP contribution in [0.2, 0.25) is 0 Å². The minimum atomic E-state index is -1.26. The summed E-state index contributed by atoms with van der Waals surface area (Å²) < 4.78 is 0. The SMILES string of the molecule is CC(=O)c1ccc(C(=O)c2ccc(C(=O)O)c(C(C)=O)c2)cc1C(C)=O. The van der Waals surface area contributed by atoms with Crippen LogP contribution in [0.4, 0.5) is 0 Å². The lowest BCUT2D eigenvalue weighted by molar-refractivity contribution is 0.0691. The molecule has 0 amide bonds. The fourth-order valence-corrected chi connectivity index (χ4v) is 2.61. The molecule has 6 nitrogen and oxygen atoms in total. The first-order valence-electron chi connectivity index (χ1n) is 7.72. The van der Waals surface area contributed by atoms with Gasteiger partial charge in [-0.15, -0.1) is 0 Å². The van der Waals surface area contributed by atoms with Crippen LogP contribution < -0.4 is 0 Å². The highest BCUT2D eigenvalue weighted by Gasteiger charge is 2.19. The Hall–Kier alpha value is -3.41. The molecule has 1 N–H and O–H groups in total. The third-order valence-corrected chi connectivity index (χ3v) is 3.93. The van der Waals surface area contributed by atoms with E-state index in [0.717, 1.165) is 0 Å². The van der Waals surface area contributed by atoms with Gasteiger partial charge in [0.15, 0.2) is 23.1 Å². The van der Waals surface area contributed by atoms with Crippen LogP contribution in [0, 0.1) is 0 Å². The van der Waals surface area contributed by atoms with Crippen LogP contribution in [0.5, 0.6) is 0 Å². The molecule has 132 valence electrons. The molecule has 0 aliphatic carbocycles. The maximum atomic E-state index is 12.7. The number of hydrogen-bond acceptors (Lipinski definition) is 5. The van der Waals surface area contributed by atoms with E-state index in [2.05, 4.69) is 0 Å². The molecule has 0 saturated carbocycles. The van der Waals surface area contributed by atoms with Crippen LogP contribution >= 0.6 is 0 Å². The smallest absolute Gasteiger partial charge is 0.336 e. The summed E-state index contributed by atoms with van der Waals surface area (Å²) in [5.41, 5.74) is 0.376. The maximum Gasteiger partial charge on any atom is 0.336 e. The van der Waals surface area contributed by atoms with Crippen molar-refractivity contribution in [2.75, 3.05) is 0 Å². The number of ketones is 4. The molecular weight excluding hydrogens is 336 g/mol. The van der Waals surface area contributed by atoms with E-state index in [0.29, 0.717) is 0 Å². The number of carbonyl (C=O) groups is 5. The summed E-state index contributed by atoms with van der Waals surface area (Å²) in [6.07, 6.45) is 0. The third-order valence-electron chi connectivity index (χ3n) is 3.93. The molecule has 2 rings (SSSR count). The summed E-state index contributed by atoms with van der Waals surface area (Å²) in [6.45, 7) is 3.84. The highest BCUT2D eigenvalue weighted by molar-refractivity contribution is 6.14. The van der Waals surface area contributed by atoms with Crippen molar-refractivity contribution in [2.24, 2.45) is 0 Å². The van der Waals surface area contributed by atoms with Crippen molar-refractivity contribution < 1.29 is 29.1 Å². The third kappa shape index (κ3) is 3.64. The van der Waals surface area contributed by atoms with E-state index < -0.39 is 17.5 Å². The van der Waals surface area contributed by atoms with Crippen LogP contribution in [0.25, 0.3) is 0 Å². The molecule has 0 fully saturated rings. The van der Waals surface area contributed by atoms with E-state index in [1.165, 1.54) is 57.2 Å². The highest BCUT2D eigenvalue weighted by Crippen LogP contribution is 2.20. The standard InChI is InChI=1S/C20H16O6/c1-10(21)15-6-4-13(8-17(15)11(2)22)19(24)14-5-7-16(20(25)26)18(9-14)12(3)23/h4-9H,1-3H3,(H,25,26). The lowest BCUT2D eigenvalue weighted by Crippen LogP contribution is -2.11. The number of rotatable bonds is 6. The summed E-state index contributed by atoms with van der Waals surface area (Å²) in [7, 11) is 0. The van der Waals surface area contributed by atoms with E-state index >= 15 is 0 Å². The Kier molecular flexibility index (Phi) is 5.26. The van der Waals surface area contributed by atoms with Crippen LogP contribution in [-0.2, 0) is 0 Å². The van der Waals surface area contributed by atoms with Crippen molar-refractivity contribution >= 4 is 29.1 Å². The van der Waals surface area contributed by atoms with Crippen molar-refractivity contribution in [1.29, 1.82) is 0 Å². The molecule has 2 aromatic rings. The summed E-state index contributed by atoms with van der Waals surface area (Å²) in [5, 5.41) is 9.13. The zero-order valence-electron chi connectivity index (χ0n) is 14.5. The number of aromatic carboxylic acids is 1. The monoisotopic (exact) mass is 352 g/mol. The van der Waals surface area contributed by atoms with Gasteiger partial charge in [-0.05, 0) is 45.0 Å². The van der Waals surface area contributed by atoms with Gasteiger partial charge in [0, 0.05) is 27.8 Å². The molecule has 6 heteroatoms. The lowest BCUT2D eigenvalue weighted by atomic mass is 9.93. The van der Waals surface area contributed by atoms with Crippen LogP contribution in [-0.4, -0.2) is 34.2 Å². The number of carboxylic acids is 1. The zero-order valence-corrected chi connectivity index (χ0v) is 14.5. The number of carboxylic acid groups (broad SMARTS) is 1. The van der Waals surface area contributed by atoms with Crippen molar-refractivity contribution in [1.82, 2.24) is 0 Å². The molecule has 0 atom stereocenters. The van der Waals surface area contributed by atoms with Gasteiger partial charge in [0.1, 0.15) is 0 Å². The number of Topliss-reactive ketones (excluding diaryl/α,β-unsaturated/α-hetero) is 3. The van der Waals surface area contributed by atoms with Gasteiger partial charge < -0.3 is 5.11 Å². The molecule has 0 heterocycles. The molecule has 0 spiro atoms. The molecule has 0 unspecified atom stereocenters. The molecule has 0 saturated heterocycles. The van der Waals surface area contributed by atoms with Crippen LogP contribution in [0.1, 0.15) is 78.1 Å². The molecule has 0 radical (unpaired) electrons. The minimum Gasteiger partial charge on any atom is -0.478 e. The van der Waals surface area contributed by atoms with Gasteiger partial charge >= 0.3 is 5.97 Å². The summed E-state index contributed by atoms with van der Waals surface area (Å²) in [5.74, 6) is -2.87. The van der Waals surface area contributed by atoms with Gasteiger partial charge in [-0.25, -0.2) is 4.79 Å². The van der Waals surface area contributed by atoms with Gasteiger partial charge in [-0.3, -0.25) is 19.2 Å². The van der Waals surface area contributed by atoms with Gasteiger partial charge in [-0.2, -0.15) is 0 Å². The number of hydrogen-bond donors (Lipinski definition) is 1. The lowest BCUT2D eigenvalue weighted by Gasteiger charge is -2.09. The van der Waals surface area contributed by atoms with Crippen LogP contribution in [0.15, 0.2) is 36.4 Å². The summed E-state index contributed by atoms with van der Waals surface area (Å²) in [6, 6.07) is 7.89. The molecule has 2 aromatic carbocycles. The predicted octanol–water partition coefficient (Wildman–Crippen LogP) is 3.22. The number of carbonyl (C=O) groups excluding carboxylic acids is 4. The topological polar surface area (TPSA) is 106 Å². The Balaban J connectivity index is 2.56. The maximum absolute atomic E-state index is 12.7. The average molecular weight is 352 g/mol. The molecule has 0 aliphatic rings. The normalized spacial score (nSPS) is 10.3. The molecule has 26 heavy (non-hydrogen) atoms. The van der Waals surface area contributed by atoms with E-state index in [9.17, 15) is 24.0 Å². The molecule has 0 aliphatic heterocycles. The van der Waals surface area contributed by atoms with Gasteiger partial charge in [-0.1, -0.05) is 12.1 Å². The Labute approximate surface area is 149 Å². The first kappa shape index (κ1) is 18.9. The van der Waals surface area contributed by atoms with E-state index in [1.807, 2.05) is 0 Å². The molecule has 0 aromatic heterocycles. The van der Waals surface area contributed by atoms with Gasteiger partial charge in [0.05, 0.1) is 5.56 Å². The second kappa shape index (κ2) is 7.23. The average Bonchev–Trinajstić information content (AvgIpc) is 2.59. The first-order valence-corrected chi connectivity index (χ1v) is 7.72. The first-order chi connectivity index (χ1) is 12.1. The minimum absolute atomic E-state index is 0.0736. The van der Waals surface area contributed by atoms with E-state index in [1.54, 1.807) is 0 Å². The van der Waals surface area contributed by atoms with E-state index in [-0.39, 0.29) is 44.9 Å². The number of benzene rings is 2. The fraction of sp³-hybridized carbons (Fsp3) is 0.150. The quantitative estimate of drug-likeness (QED) is 0.800. The summed E-state index contributed by atoms with van der Waals surface area (Å²) in [4.78, 5) is 59.0. The Morgan fingerprint density at radius 3 is 1.38 bits per heavy atom. The molecular formula is C20H16O6. The second-order valence-corrected chi connectivity index (χ2v) is 5.82. The Bertz CT molecular complexity index is 891. The second-order valence-electron chi connectivity index (χ2n) is 5.82. The van der Waals surface area contributed by atoms with Crippen molar-refractivity contribution in [3.63, 3.8) is 0 Å². The largest absolute Gasteiger partial charge is 0.478 e. The van der Waals surface area contributed by atoms with Crippen molar-refractivity contribution in [2.45, 2.75) is 20.8 Å². The Morgan fingerprint density at radius 1 is 0.615 bits per heavy atom. The van der Waals surface area contributed by atoms with E-state index in [4.69, 9.17) is 5.11 Å². The Morgan fingerprint density at radius 2 is 1.00 bits per heavy atom.